The minimum atomic E-state index is -0.731. The molecule has 0 amide bonds. The summed E-state index contributed by atoms with van der Waals surface area (Å²) in [5.74, 6) is 0.227. The topological polar surface area (TPSA) is 58.4 Å². The van der Waals surface area contributed by atoms with Crippen LogP contribution in [-0.4, -0.2) is 44.7 Å². The zero-order valence-electron chi connectivity index (χ0n) is 12.1. The number of aromatic nitrogens is 2. The summed E-state index contributed by atoms with van der Waals surface area (Å²) in [5.41, 5.74) is 1.07. The van der Waals surface area contributed by atoms with Crippen LogP contribution in [0.2, 0.25) is 0 Å². The SMILES string of the molecule is CCN1CCCC1Cc1cn2c(n1)CCCC2C(=O)O. The summed E-state index contributed by atoms with van der Waals surface area (Å²) < 4.78 is 1.90. The number of hydrogen-bond donors (Lipinski definition) is 1. The molecule has 2 aliphatic rings. The summed E-state index contributed by atoms with van der Waals surface area (Å²) in [6, 6.07) is 0.172. The predicted molar refractivity (Wildman–Crippen MR) is 75.8 cm³/mol. The number of likely N-dealkylation sites (tertiary alicyclic amines) is 1. The number of nitrogens with zero attached hydrogens (tertiary/aromatic N) is 3. The first-order valence-electron chi connectivity index (χ1n) is 7.72. The van der Waals surface area contributed by atoms with Gasteiger partial charge in [0.2, 0.25) is 0 Å². The molecule has 1 aromatic rings. The van der Waals surface area contributed by atoms with Gasteiger partial charge < -0.3 is 14.6 Å². The van der Waals surface area contributed by atoms with Gasteiger partial charge in [-0.3, -0.25) is 0 Å². The summed E-state index contributed by atoms with van der Waals surface area (Å²) in [7, 11) is 0. The Kier molecular flexibility index (Phi) is 3.78. The van der Waals surface area contributed by atoms with E-state index in [1.165, 1.54) is 19.4 Å². The number of carbonyl (C=O) groups is 1. The summed E-state index contributed by atoms with van der Waals surface area (Å²) >= 11 is 0. The largest absolute Gasteiger partial charge is 0.480 e. The van der Waals surface area contributed by atoms with Crippen LogP contribution in [0.5, 0.6) is 0 Å². The number of hydrogen-bond acceptors (Lipinski definition) is 3. The molecule has 0 aromatic carbocycles. The quantitative estimate of drug-likeness (QED) is 0.913. The Morgan fingerprint density at radius 2 is 2.30 bits per heavy atom. The highest BCUT2D eigenvalue weighted by molar-refractivity contribution is 5.72. The summed E-state index contributed by atoms with van der Waals surface area (Å²) in [6.07, 6.45) is 8.01. The third kappa shape index (κ3) is 2.46. The van der Waals surface area contributed by atoms with E-state index in [2.05, 4.69) is 16.8 Å². The predicted octanol–water partition coefficient (Wildman–Crippen LogP) is 1.87. The molecule has 110 valence electrons. The lowest BCUT2D eigenvalue weighted by Crippen LogP contribution is -2.30. The van der Waals surface area contributed by atoms with Crippen molar-refractivity contribution < 1.29 is 9.90 Å². The molecule has 1 aromatic heterocycles. The first-order chi connectivity index (χ1) is 9.69. The number of carboxylic acid groups (broad SMARTS) is 1. The van der Waals surface area contributed by atoms with E-state index in [0.29, 0.717) is 6.04 Å². The van der Waals surface area contributed by atoms with Gasteiger partial charge in [-0.25, -0.2) is 9.78 Å². The minimum absolute atomic E-state index is 0.411. The lowest BCUT2D eigenvalue weighted by molar-refractivity contribution is -0.141. The monoisotopic (exact) mass is 277 g/mol. The highest BCUT2D eigenvalue weighted by atomic mass is 16.4. The van der Waals surface area contributed by atoms with Gasteiger partial charge in [0.15, 0.2) is 0 Å². The van der Waals surface area contributed by atoms with Gasteiger partial charge in [-0.1, -0.05) is 6.92 Å². The molecule has 1 N–H and O–H groups in total. The molecule has 2 unspecified atom stereocenters. The standard InChI is InChI=1S/C15H23N3O2/c1-2-17-8-4-5-12(17)9-11-10-18-13(15(19)20)6-3-7-14(18)16-11/h10,12-13H,2-9H2,1H3,(H,19,20). The molecule has 20 heavy (non-hydrogen) atoms. The number of carboxylic acids is 1. The maximum atomic E-state index is 11.3. The Morgan fingerprint density at radius 1 is 1.45 bits per heavy atom. The van der Waals surface area contributed by atoms with Gasteiger partial charge in [-0.05, 0) is 38.8 Å². The number of imidazole rings is 1. The molecule has 5 nitrogen and oxygen atoms in total. The van der Waals surface area contributed by atoms with Crippen molar-refractivity contribution in [2.24, 2.45) is 0 Å². The highest BCUT2D eigenvalue weighted by Crippen LogP contribution is 2.27. The van der Waals surface area contributed by atoms with E-state index in [1.807, 2.05) is 10.8 Å². The van der Waals surface area contributed by atoms with Crippen LogP contribution >= 0.6 is 0 Å². The molecule has 0 saturated carbocycles. The Balaban J connectivity index is 1.77. The maximum Gasteiger partial charge on any atom is 0.326 e. The maximum absolute atomic E-state index is 11.3. The molecule has 1 fully saturated rings. The normalized spacial score (nSPS) is 26.6. The second kappa shape index (κ2) is 5.56. The van der Waals surface area contributed by atoms with E-state index in [-0.39, 0.29) is 0 Å². The average Bonchev–Trinajstić information content (AvgIpc) is 3.03. The van der Waals surface area contributed by atoms with Gasteiger partial charge in [0, 0.05) is 25.1 Å². The number of aryl methyl sites for hydroxylation is 1. The van der Waals surface area contributed by atoms with Crippen molar-refractivity contribution in [2.45, 2.75) is 57.5 Å². The first kappa shape index (κ1) is 13.6. The summed E-state index contributed by atoms with van der Waals surface area (Å²) in [5, 5.41) is 9.30. The Hall–Kier alpha value is -1.36. The van der Waals surface area contributed by atoms with Crippen molar-refractivity contribution in [1.82, 2.24) is 14.5 Å². The van der Waals surface area contributed by atoms with Crippen LogP contribution < -0.4 is 0 Å². The van der Waals surface area contributed by atoms with Gasteiger partial charge in [0.05, 0.1) is 5.69 Å². The van der Waals surface area contributed by atoms with Crippen LogP contribution in [0.15, 0.2) is 6.20 Å². The third-order valence-electron chi connectivity index (χ3n) is 4.71. The Bertz CT molecular complexity index is 497. The van der Waals surface area contributed by atoms with E-state index in [1.54, 1.807) is 0 Å². The average molecular weight is 277 g/mol. The molecule has 0 bridgehead atoms. The van der Waals surface area contributed by atoms with Crippen molar-refractivity contribution in [3.05, 3.63) is 17.7 Å². The fourth-order valence-electron chi connectivity index (χ4n) is 3.66. The lowest BCUT2D eigenvalue weighted by atomic mass is 10.1. The molecule has 0 aliphatic carbocycles. The van der Waals surface area contributed by atoms with E-state index in [4.69, 9.17) is 0 Å². The van der Waals surface area contributed by atoms with Gasteiger partial charge in [-0.15, -0.1) is 0 Å². The van der Waals surface area contributed by atoms with Crippen LogP contribution in [0.3, 0.4) is 0 Å². The molecule has 2 aliphatic heterocycles. The molecule has 1 saturated heterocycles. The molecule has 0 radical (unpaired) electrons. The van der Waals surface area contributed by atoms with Crippen molar-refractivity contribution in [3.8, 4) is 0 Å². The van der Waals surface area contributed by atoms with Gasteiger partial charge in [0.25, 0.3) is 0 Å². The van der Waals surface area contributed by atoms with Gasteiger partial charge in [-0.2, -0.15) is 0 Å². The summed E-state index contributed by atoms with van der Waals surface area (Å²) in [4.78, 5) is 18.5. The zero-order chi connectivity index (χ0) is 14.1. The van der Waals surface area contributed by atoms with Crippen LogP contribution in [0.4, 0.5) is 0 Å². The van der Waals surface area contributed by atoms with Gasteiger partial charge in [0.1, 0.15) is 11.9 Å². The molecule has 3 rings (SSSR count). The zero-order valence-corrected chi connectivity index (χ0v) is 12.1. The van der Waals surface area contributed by atoms with E-state index in [9.17, 15) is 9.90 Å². The number of likely N-dealkylation sites (N-methyl/N-ethyl adjacent to an activating group) is 1. The highest BCUT2D eigenvalue weighted by Gasteiger charge is 2.29. The molecule has 5 heteroatoms. The molecule has 3 heterocycles. The molecule has 2 atom stereocenters. The minimum Gasteiger partial charge on any atom is -0.480 e. The van der Waals surface area contributed by atoms with Crippen molar-refractivity contribution >= 4 is 5.97 Å². The molecular weight excluding hydrogens is 254 g/mol. The van der Waals surface area contributed by atoms with Gasteiger partial charge >= 0.3 is 5.97 Å². The summed E-state index contributed by atoms with van der Waals surface area (Å²) in [6.45, 7) is 4.49. The smallest absolute Gasteiger partial charge is 0.326 e. The fourth-order valence-corrected chi connectivity index (χ4v) is 3.66. The number of fused-ring (bicyclic) bond motifs is 1. The molecule has 0 spiro atoms. The van der Waals surface area contributed by atoms with Crippen LogP contribution in [0.1, 0.15) is 50.2 Å². The van der Waals surface area contributed by atoms with Crippen molar-refractivity contribution in [3.63, 3.8) is 0 Å². The fraction of sp³-hybridized carbons (Fsp3) is 0.733. The Labute approximate surface area is 119 Å². The molecular formula is C15H23N3O2. The van der Waals surface area contributed by atoms with Crippen molar-refractivity contribution in [1.29, 1.82) is 0 Å². The lowest BCUT2D eigenvalue weighted by Gasteiger charge is -2.21. The van der Waals surface area contributed by atoms with Crippen LogP contribution in [-0.2, 0) is 17.6 Å². The third-order valence-corrected chi connectivity index (χ3v) is 4.71. The van der Waals surface area contributed by atoms with Crippen molar-refractivity contribution in [2.75, 3.05) is 13.1 Å². The first-order valence-corrected chi connectivity index (χ1v) is 7.72. The van der Waals surface area contributed by atoms with E-state index >= 15 is 0 Å². The van der Waals surface area contributed by atoms with Crippen LogP contribution in [0, 0.1) is 0 Å². The van der Waals surface area contributed by atoms with Crippen LogP contribution in [0.25, 0.3) is 0 Å². The number of rotatable bonds is 4. The van der Waals surface area contributed by atoms with E-state index < -0.39 is 12.0 Å². The Morgan fingerprint density at radius 3 is 3.05 bits per heavy atom. The number of aliphatic carboxylic acids is 1. The second-order valence-corrected chi connectivity index (χ2v) is 5.93. The van der Waals surface area contributed by atoms with E-state index in [0.717, 1.165) is 43.7 Å². The second-order valence-electron chi connectivity index (χ2n) is 5.93.